The number of hydrogen-bond donors (Lipinski definition) is 5. The number of amides is 5. The summed E-state index contributed by atoms with van der Waals surface area (Å²) in [7, 11) is 0. The van der Waals surface area contributed by atoms with Crippen LogP contribution in [0.5, 0.6) is 0 Å². The number of nitrogens with one attached hydrogen (secondary N) is 5. The number of halogens is 1. The van der Waals surface area contributed by atoms with Gasteiger partial charge < -0.3 is 25.9 Å². The van der Waals surface area contributed by atoms with Crippen molar-refractivity contribution in [1.82, 2.24) is 35.4 Å². The highest BCUT2D eigenvalue weighted by Gasteiger charge is 2.45. The van der Waals surface area contributed by atoms with Gasteiger partial charge in [-0.25, -0.2) is 14.4 Å². The Balaban J connectivity index is 0.689. The van der Waals surface area contributed by atoms with Gasteiger partial charge in [-0.1, -0.05) is 56.4 Å². The van der Waals surface area contributed by atoms with Crippen molar-refractivity contribution in [2.45, 2.75) is 82.6 Å². The summed E-state index contributed by atoms with van der Waals surface area (Å²) in [6, 6.07) is 16.8. The second-order valence-electron chi connectivity index (χ2n) is 17.4. The molecule has 3 atom stereocenters. The van der Waals surface area contributed by atoms with Gasteiger partial charge in [0.1, 0.15) is 23.5 Å². The fourth-order valence-electron chi connectivity index (χ4n) is 9.53. The van der Waals surface area contributed by atoms with E-state index >= 15 is 0 Å². The number of carbonyl (C=O) groups excluding carboxylic acids is 5. The molecule has 340 valence electrons. The van der Waals surface area contributed by atoms with Crippen LogP contribution < -0.4 is 20.9 Å². The molecule has 16 heteroatoms. The van der Waals surface area contributed by atoms with Crippen molar-refractivity contribution in [3.8, 4) is 11.4 Å². The fraction of sp³-hybridized carbons (Fsp3) is 0.429. The number of benzene rings is 2. The van der Waals surface area contributed by atoms with E-state index in [4.69, 9.17) is 10.4 Å². The minimum atomic E-state index is -0.991. The highest BCUT2D eigenvalue weighted by molar-refractivity contribution is 6.25. The molecule has 65 heavy (non-hydrogen) atoms. The zero-order valence-corrected chi connectivity index (χ0v) is 36.6. The second kappa shape index (κ2) is 21.0. The number of piperazine rings is 1. The van der Waals surface area contributed by atoms with Crippen LogP contribution in [0, 0.1) is 17.1 Å². The third-order valence-corrected chi connectivity index (χ3v) is 13.0. The summed E-state index contributed by atoms with van der Waals surface area (Å²) in [6.07, 6.45) is 14.4. The molecule has 1 saturated carbocycles. The quantitative estimate of drug-likeness (QED) is 0.0404. The number of pyridine rings is 1. The van der Waals surface area contributed by atoms with Crippen molar-refractivity contribution in [3.63, 3.8) is 0 Å². The first-order chi connectivity index (χ1) is 31.6. The van der Waals surface area contributed by atoms with Gasteiger partial charge in [0.25, 0.3) is 11.8 Å². The summed E-state index contributed by atoms with van der Waals surface area (Å²) < 4.78 is 13.9. The van der Waals surface area contributed by atoms with Crippen LogP contribution in [-0.2, 0) is 14.4 Å². The summed E-state index contributed by atoms with van der Waals surface area (Å²) in [5.41, 5.74) is 4.15. The molecule has 3 aliphatic heterocycles. The van der Waals surface area contributed by atoms with Crippen LogP contribution >= 0.6 is 0 Å². The minimum absolute atomic E-state index is 0.0336. The number of hydrogen-bond acceptors (Lipinski definition) is 11. The van der Waals surface area contributed by atoms with E-state index in [-0.39, 0.29) is 47.5 Å². The Kier molecular flexibility index (Phi) is 14.5. The first kappa shape index (κ1) is 45.0. The highest BCUT2D eigenvalue weighted by atomic mass is 19.1. The van der Waals surface area contributed by atoms with Crippen molar-refractivity contribution in [2.75, 3.05) is 56.0 Å². The molecule has 2 aromatic carbocycles. The molecule has 5 heterocycles. The van der Waals surface area contributed by atoms with Crippen molar-refractivity contribution in [3.05, 3.63) is 101 Å². The number of fused-ring (bicyclic) bond motifs is 1. The molecule has 0 spiro atoms. The molecular weight excluding hydrogens is 828 g/mol. The van der Waals surface area contributed by atoms with Gasteiger partial charge in [0.15, 0.2) is 0 Å². The number of anilines is 2. The Hall–Kier alpha value is -6.55. The lowest BCUT2D eigenvalue weighted by atomic mass is 9.85. The molecule has 8 rings (SSSR count). The monoisotopic (exact) mass is 884 g/mol. The standard InChI is InChI=1S/C49H57FN10O5/c50-33-12-7-11-32(29-33)34-13-8-14-35(34)37(51)19-21-42-54-30-40(55-42)38-16-10-18-43(56-38)59-27-25-58(26-28-59)31-45(62)53-24-6-4-2-1-3-5-23-52-39-17-9-15-36-46(39)49(65)60(48(36)64)41-20-22-44(61)57-47(41)63/h7,9-12,15-19,21,29-30,34-35,41,51-52H,1-6,8,13-14,20,22-28,31H2,(H,53,62)(H,54,55)(H,57,61,63)/b21-19-,51-37?. The molecule has 5 amide bonds. The predicted molar refractivity (Wildman–Crippen MR) is 246 cm³/mol. The summed E-state index contributed by atoms with van der Waals surface area (Å²) in [5.74, 6) is -0.557. The van der Waals surface area contributed by atoms with Gasteiger partial charge in [-0.2, -0.15) is 0 Å². The Bertz CT molecular complexity index is 2440. The first-order valence-corrected chi connectivity index (χ1v) is 23.0. The average molecular weight is 885 g/mol. The Morgan fingerprint density at radius 3 is 2.45 bits per heavy atom. The van der Waals surface area contributed by atoms with E-state index in [2.05, 4.69) is 35.7 Å². The zero-order chi connectivity index (χ0) is 45.3. The van der Waals surface area contributed by atoms with Crippen LogP contribution in [0.2, 0.25) is 0 Å². The third-order valence-electron chi connectivity index (χ3n) is 13.0. The van der Waals surface area contributed by atoms with Crippen LogP contribution in [-0.4, -0.2) is 112 Å². The van der Waals surface area contributed by atoms with E-state index in [1.165, 1.54) is 6.07 Å². The molecule has 3 unspecified atom stereocenters. The number of imide groups is 2. The van der Waals surface area contributed by atoms with E-state index in [1.807, 2.05) is 30.3 Å². The molecule has 4 aromatic rings. The van der Waals surface area contributed by atoms with Crippen LogP contribution in [0.25, 0.3) is 17.5 Å². The number of unbranched alkanes of at least 4 members (excludes halogenated alkanes) is 5. The van der Waals surface area contributed by atoms with Crippen LogP contribution in [0.4, 0.5) is 15.9 Å². The van der Waals surface area contributed by atoms with Gasteiger partial charge in [-0.15, -0.1) is 0 Å². The SMILES string of the molecule is N=C(/C=C\c1ncc(-c2cccc(N3CCN(CC(=O)NCCCCCCCCNc4cccc5c4C(=O)N(C4CCC(=O)NC4=O)C5=O)CC3)n2)[nH]1)C1CCCC1c1cccc(F)c1. The summed E-state index contributed by atoms with van der Waals surface area (Å²) in [4.78, 5) is 81.3. The largest absolute Gasteiger partial charge is 0.384 e. The van der Waals surface area contributed by atoms with Gasteiger partial charge in [0.2, 0.25) is 17.7 Å². The number of rotatable bonds is 19. The lowest BCUT2D eigenvalue weighted by Crippen LogP contribution is -2.54. The lowest BCUT2D eigenvalue weighted by Gasteiger charge is -2.35. The molecular formula is C49H57FN10O5. The maximum absolute atomic E-state index is 13.9. The smallest absolute Gasteiger partial charge is 0.264 e. The van der Waals surface area contributed by atoms with Crippen molar-refractivity contribution >= 4 is 52.8 Å². The number of piperidine rings is 1. The predicted octanol–water partition coefficient (Wildman–Crippen LogP) is 6.32. The Labute approximate surface area is 378 Å². The normalized spacial score (nSPS) is 20.1. The fourth-order valence-corrected chi connectivity index (χ4v) is 9.53. The summed E-state index contributed by atoms with van der Waals surface area (Å²) >= 11 is 0. The number of aromatic amines is 1. The van der Waals surface area contributed by atoms with Gasteiger partial charge in [-0.05, 0) is 92.1 Å². The number of imidazole rings is 1. The van der Waals surface area contributed by atoms with Crippen LogP contribution in [0.3, 0.4) is 0 Å². The molecule has 2 saturated heterocycles. The molecule has 0 bridgehead atoms. The van der Waals surface area contributed by atoms with Gasteiger partial charge >= 0.3 is 0 Å². The molecule has 2 aromatic heterocycles. The maximum atomic E-state index is 13.9. The van der Waals surface area contributed by atoms with Crippen molar-refractivity contribution in [1.29, 1.82) is 5.41 Å². The number of aromatic nitrogens is 3. The van der Waals surface area contributed by atoms with E-state index in [1.54, 1.807) is 42.6 Å². The molecule has 0 radical (unpaired) electrons. The second-order valence-corrected chi connectivity index (χ2v) is 17.4. The molecule has 3 fully saturated rings. The van der Waals surface area contributed by atoms with E-state index < -0.39 is 29.7 Å². The van der Waals surface area contributed by atoms with Gasteiger partial charge in [0, 0.05) is 63.0 Å². The van der Waals surface area contributed by atoms with Crippen LogP contribution in [0.15, 0.2) is 72.9 Å². The van der Waals surface area contributed by atoms with Crippen molar-refractivity contribution in [2.24, 2.45) is 5.92 Å². The van der Waals surface area contributed by atoms with E-state index in [9.17, 15) is 28.4 Å². The lowest BCUT2D eigenvalue weighted by molar-refractivity contribution is -0.136. The Morgan fingerprint density at radius 2 is 1.65 bits per heavy atom. The zero-order valence-electron chi connectivity index (χ0n) is 36.6. The molecule has 15 nitrogen and oxygen atoms in total. The number of H-pyrrole nitrogens is 1. The molecule has 4 aliphatic rings. The summed E-state index contributed by atoms with van der Waals surface area (Å²) in [5, 5.41) is 17.4. The Morgan fingerprint density at radius 1 is 0.877 bits per heavy atom. The first-order valence-electron chi connectivity index (χ1n) is 23.0. The van der Waals surface area contributed by atoms with Gasteiger partial charge in [0.05, 0.1) is 35.3 Å². The van der Waals surface area contributed by atoms with Crippen LogP contribution in [0.1, 0.15) is 109 Å². The topological polar surface area (TPSA) is 197 Å². The highest BCUT2D eigenvalue weighted by Crippen LogP contribution is 2.41. The van der Waals surface area contributed by atoms with Crippen molar-refractivity contribution < 1.29 is 28.4 Å². The van der Waals surface area contributed by atoms with Gasteiger partial charge in [-0.3, -0.25) is 39.1 Å². The minimum Gasteiger partial charge on any atom is -0.384 e. The number of carbonyl (C=O) groups is 5. The summed E-state index contributed by atoms with van der Waals surface area (Å²) in [6.45, 7) is 4.65. The third kappa shape index (κ3) is 10.9. The number of allylic oxidation sites excluding steroid dienone is 1. The number of nitrogens with zero attached hydrogens (tertiary/aromatic N) is 5. The van der Waals surface area contributed by atoms with E-state index in [0.29, 0.717) is 36.9 Å². The average Bonchev–Trinajstić information content (AvgIpc) is 4.06. The maximum Gasteiger partial charge on any atom is 0.264 e. The molecule has 1 aliphatic carbocycles. The van der Waals surface area contributed by atoms with E-state index in [0.717, 1.165) is 112 Å². The molecule has 5 N–H and O–H groups in total.